The third-order valence-electron chi connectivity index (χ3n) is 0.263. The van der Waals surface area contributed by atoms with Gasteiger partial charge in [0, 0.05) is 10.6 Å². The van der Waals surface area contributed by atoms with Crippen molar-refractivity contribution in [2.75, 3.05) is 0 Å². The first-order chi connectivity index (χ1) is 2.77. The molecule has 0 aliphatic carbocycles. The van der Waals surface area contributed by atoms with Crippen LogP contribution in [0.3, 0.4) is 0 Å². The van der Waals surface area contributed by atoms with Gasteiger partial charge in [-0.1, -0.05) is 15.9 Å². The lowest BCUT2D eigenvalue weighted by atomic mass is 10.6. The van der Waals surface area contributed by atoms with Gasteiger partial charge in [0.2, 0.25) is 0 Å². The van der Waals surface area contributed by atoms with Gasteiger partial charge in [-0.3, -0.25) is 0 Å². The summed E-state index contributed by atoms with van der Waals surface area (Å²) in [5.41, 5.74) is 0. The molecule has 32 valence electrons. The molecule has 6 heavy (non-hydrogen) atoms. The van der Waals surface area contributed by atoms with Crippen molar-refractivity contribution in [1.29, 1.82) is 5.26 Å². The van der Waals surface area contributed by atoms with Gasteiger partial charge in [0.05, 0.1) is 6.07 Å². The zero-order chi connectivity index (χ0) is 4.99. The summed E-state index contributed by atoms with van der Waals surface area (Å²) in [4.78, 5) is 0. The fourth-order valence-corrected chi connectivity index (χ4v) is 0.191. The first kappa shape index (κ1) is 5.71. The molecule has 0 N–H and O–H groups in total. The van der Waals surface area contributed by atoms with Gasteiger partial charge in [0.15, 0.2) is 0 Å². The quantitative estimate of drug-likeness (QED) is 0.478. The maximum atomic E-state index is 7.88. The molecule has 0 aromatic rings. The number of nitriles is 1. The molecule has 0 spiro atoms. The predicted octanol–water partition coefficient (Wildman–Crippen LogP) is 1.81. The molecule has 0 radical (unpaired) electrons. The Labute approximate surface area is 45.4 Å². The largest absolute Gasteiger partial charge is 0.193 e. The Kier molecular flexibility index (Phi) is 2.78. The van der Waals surface area contributed by atoms with E-state index < -0.39 is 0 Å². The number of allylic oxidation sites excluding steroid dienone is 2. The summed E-state index contributed by atoms with van der Waals surface area (Å²) >= 11 is 3.07. The number of hydrogen-bond donors (Lipinski definition) is 0. The van der Waals surface area contributed by atoms with Crippen molar-refractivity contribution >= 4 is 15.9 Å². The summed E-state index contributed by atoms with van der Waals surface area (Å²) < 4.78 is 0.866. The monoisotopic (exact) mass is 145 g/mol. The van der Waals surface area contributed by atoms with Crippen molar-refractivity contribution < 1.29 is 0 Å². The van der Waals surface area contributed by atoms with Crippen molar-refractivity contribution in [2.45, 2.75) is 6.92 Å². The van der Waals surface area contributed by atoms with E-state index in [1.54, 1.807) is 0 Å². The molecule has 0 saturated heterocycles. The molecule has 0 aromatic heterocycles. The molecule has 0 unspecified atom stereocenters. The lowest BCUT2D eigenvalue weighted by Crippen LogP contribution is -1.48. The zero-order valence-corrected chi connectivity index (χ0v) is 4.99. The van der Waals surface area contributed by atoms with Crippen LogP contribution in [0.4, 0.5) is 0 Å². The standard InChI is InChI=1S/C4H4BrN/c1-4(5)2-3-6/h2H,1H3/b4-2-. The Morgan fingerprint density at radius 2 is 2.50 bits per heavy atom. The number of nitrogens with zero attached hydrogens (tertiary/aromatic N) is 1. The van der Waals surface area contributed by atoms with E-state index in [9.17, 15) is 0 Å². The minimum atomic E-state index is 0.866. The van der Waals surface area contributed by atoms with Crippen molar-refractivity contribution in [3.63, 3.8) is 0 Å². The van der Waals surface area contributed by atoms with Gasteiger partial charge >= 0.3 is 0 Å². The third-order valence-corrected chi connectivity index (χ3v) is 0.492. The lowest BCUT2D eigenvalue weighted by molar-refractivity contribution is 1.52. The highest BCUT2D eigenvalue weighted by Gasteiger charge is 1.69. The van der Waals surface area contributed by atoms with E-state index in [1.807, 2.05) is 13.0 Å². The molecule has 0 fully saturated rings. The van der Waals surface area contributed by atoms with Gasteiger partial charge in [-0.05, 0) is 6.92 Å². The van der Waals surface area contributed by atoms with Crippen LogP contribution < -0.4 is 0 Å². The van der Waals surface area contributed by atoms with Crippen molar-refractivity contribution in [2.24, 2.45) is 0 Å². The average Bonchev–Trinajstić information content (AvgIpc) is 1.35. The van der Waals surface area contributed by atoms with Crippen LogP contribution in [0.1, 0.15) is 6.92 Å². The molecule has 0 bridgehead atoms. The summed E-state index contributed by atoms with van der Waals surface area (Å²) in [7, 11) is 0. The lowest BCUT2D eigenvalue weighted by Gasteiger charge is -1.68. The van der Waals surface area contributed by atoms with E-state index in [0.717, 1.165) is 4.48 Å². The predicted molar refractivity (Wildman–Crippen MR) is 28.3 cm³/mol. The molecule has 0 rings (SSSR count). The van der Waals surface area contributed by atoms with E-state index in [-0.39, 0.29) is 0 Å². The molecule has 0 amide bonds. The van der Waals surface area contributed by atoms with Gasteiger partial charge in [0.1, 0.15) is 0 Å². The molecule has 0 aliphatic heterocycles. The smallest absolute Gasteiger partial charge is 0.0920 e. The highest BCUT2D eigenvalue weighted by atomic mass is 79.9. The van der Waals surface area contributed by atoms with Crippen LogP contribution in [0.2, 0.25) is 0 Å². The molecule has 1 nitrogen and oxygen atoms in total. The van der Waals surface area contributed by atoms with E-state index in [0.29, 0.717) is 0 Å². The van der Waals surface area contributed by atoms with Crippen molar-refractivity contribution in [3.05, 3.63) is 10.6 Å². The minimum Gasteiger partial charge on any atom is -0.193 e. The minimum absolute atomic E-state index is 0.866. The molecular formula is C4H4BrN. The van der Waals surface area contributed by atoms with Crippen LogP contribution in [0, 0.1) is 11.3 Å². The van der Waals surface area contributed by atoms with Crippen LogP contribution in [0.15, 0.2) is 10.6 Å². The Hall–Kier alpha value is -0.290. The van der Waals surface area contributed by atoms with Gasteiger partial charge in [-0.2, -0.15) is 5.26 Å². The number of hydrogen-bond acceptors (Lipinski definition) is 1. The van der Waals surface area contributed by atoms with Gasteiger partial charge in [-0.25, -0.2) is 0 Å². The first-order valence-corrected chi connectivity index (χ1v) is 2.28. The van der Waals surface area contributed by atoms with Gasteiger partial charge in [-0.15, -0.1) is 0 Å². The van der Waals surface area contributed by atoms with E-state index in [4.69, 9.17) is 5.26 Å². The van der Waals surface area contributed by atoms with E-state index >= 15 is 0 Å². The van der Waals surface area contributed by atoms with Crippen LogP contribution in [-0.4, -0.2) is 0 Å². The van der Waals surface area contributed by atoms with E-state index in [1.165, 1.54) is 6.08 Å². The second-order valence-corrected chi connectivity index (χ2v) is 2.11. The number of rotatable bonds is 0. The van der Waals surface area contributed by atoms with Crippen LogP contribution >= 0.6 is 15.9 Å². The maximum absolute atomic E-state index is 7.88. The second kappa shape index (κ2) is 2.92. The molecule has 0 aliphatic rings. The van der Waals surface area contributed by atoms with Gasteiger partial charge < -0.3 is 0 Å². The topological polar surface area (TPSA) is 23.8 Å². The van der Waals surface area contributed by atoms with Crippen LogP contribution in [-0.2, 0) is 0 Å². The summed E-state index contributed by atoms with van der Waals surface area (Å²) in [6.45, 7) is 1.81. The van der Waals surface area contributed by atoms with Crippen molar-refractivity contribution in [1.82, 2.24) is 0 Å². The Morgan fingerprint density at radius 3 is 2.50 bits per heavy atom. The molecule has 0 aromatic carbocycles. The third kappa shape index (κ3) is 3.71. The number of halogens is 1. The Bertz CT molecular complexity index is 94.6. The fraction of sp³-hybridized carbons (Fsp3) is 0.250. The Morgan fingerprint density at radius 1 is 2.00 bits per heavy atom. The van der Waals surface area contributed by atoms with Crippen LogP contribution in [0.5, 0.6) is 0 Å². The SMILES string of the molecule is C/C(Br)=C/C#N. The summed E-state index contributed by atoms with van der Waals surface area (Å²) in [5.74, 6) is 0. The first-order valence-electron chi connectivity index (χ1n) is 1.49. The second-order valence-electron chi connectivity index (χ2n) is 0.860. The fourth-order valence-electron chi connectivity index (χ4n) is 0.0889. The summed E-state index contributed by atoms with van der Waals surface area (Å²) in [5, 5.41) is 7.88. The van der Waals surface area contributed by atoms with E-state index in [2.05, 4.69) is 15.9 Å². The molecule has 2 heteroatoms. The average molecular weight is 146 g/mol. The molecule has 0 atom stereocenters. The summed E-state index contributed by atoms with van der Waals surface area (Å²) in [6, 6.07) is 1.86. The highest BCUT2D eigenvalue weighted by Crippen LogP contribution is 1.98. The summed E-state index contributed by atoms with van der Waals surface area (Å²) in [6.07, 6.45) is 1.43. The normalized spacial score (nSPS) is 10.5. The molecule has 0 heterocycles. The zero-order valence-electron chi connectivity index (χ0n) is 3.40. The van der Waals surface area contributed by atoms with Crippen LogP contribution in [0.25, 0.3) is 0 Å². The van der Waals surface area contributed by atoms with Gasteiger partial charge in [0.25, 0.3) is 0 Å². The Balaban J connectivity index is 3.51. The maximum Gasteiger partial charge on any atom is 0.0920 e. The molecular weight excluding hydrogens is 142 g/mol. The molecule has 0 saturated carbocycles. The highest BCUT2D eigenvalue weighted by molar-refractivity contribution is 9.11. The van der Waals surface area contributed by atoms with Crippen molar-refractivity contribution in [3.8, 4) is 6.07 Å².